The van der Waals surface area contributed by atoms with Crippen molar-refractivity contribution in [3.63, 3.8) is 0 Å². The second-order valence-corrected chi connectivity index (χ2v) is 7.83. The fourth-order valence-corrected chi connectivity index (χ4v) is 4.42. The molecule has 0 spiro atoms. The summed E-state index contributed by atoms with van der Waals surface area (Å²) < 4.78 is 0. The number of nitrogens with zero attached hydrogens (tertiary/aromatic N) is 1. The number of hydrogen-bond acceptors (Lipinski definition) is 3. The number of nitrogens with two attached hydrogens (primary N) is 1. The predicted molar refractivity (Wildman–Crippen MR) is 99.3 cm³/mol. The van der Waals surface area contributed by atoms with Gasteiger partial charge in [-0.15, -0.1) is 0 Å². The molecule has 2 aliphatic rings. The fraction of sp³-hybridized carbons (Fsp3) is 0.619. The van der Waals surface area contributed by atoms with Crippen molar-refractivity contribution in [2.45, 2.75) is 51.4 Å². The minimum Gasteiger partial charge on any atom is -0.343 e. The second kappa shape index (κ2) is 8.13. The van der Waals surface area contributed by atoms with Gasteiger partial charge in [0, 0.05) is 31.0 Å². The molecule has 0 unspecified atom stereocenters. The molecule has 1 aromatic rings. The van der Waals surface area contributed by atoms with Crippen molar-refractivity contribution in [2.75, 3.05) is 19.6 Å². The number of likely N-dealkylation sites (tertiary alicyclic amines) is 1. The first kappa shape index (κ1) is 18.1. The Kier molecular flexibility index (Phi) is 5.89. The van der Waals surface area contributed by atoms with Crippen LogP contribution in [0.5, 0.6) is 0 Å². The average molecular weight is 342 g/mol. The number of carbonyl (C=O) groups is 2. The van der Waals surface area contributed by atoms with Gasteiger partial charge in [0.05, 0.1) is 0 Å². The molecule has 1 amide bonds. The molecule has 0 atom stereocenters. The molecule has 1 saturated carbocycles. The van der Waals surface area contributed by atoms with Crippen LogP contribution in [0.25, 0.3) is 0 Å². The van der Waals surface area contributed by atoms with Gasteiger partial charge in [-0.2, -0.15) is 0 Å². The molecule has 4 heteroatoms. The van der Waals surface area contributed by atoms with Gasteiger partial charge in [0.2, 0.25) is 5.91 Å². The molecule has 1 saturated heterocycles. The van der Waals surface area contributed by atoms with Crippen LogP contribution in [0.4, 0.5) is 0 Å². The smallest absolute Gasteiger partial charge is 0.223 e. The number of benzene rings is 1. The van der Waals surface area contributed by atoms with Crippen molar-refractivity contribution < 1.29 is 9.59 Å². The number of rotatable bonds is 5. The first-order chi connectivity index (χ1) is 12.1. The normalized spacial score (nSPS) is 21.1. The summed E-state index contributed by atoms with van der Waals surface area (Å²) in [7, 11) is 0. The molecule has 2 fully saturated rings. The number of carbonyl (C=O) groups excluding carboxylic acids is 2. The fourth-order valence-electron chi connectivity index (χ4n) is 4.42. The van der Waals surface area contributed by atoms with Gasteiger partial charge in [-0.3, -0.25) is 9.59 Å². The van der Waals surface area contributed by atoms with Crippen molar-refractivity contribution in [1.82, 2.24) is 4.90 Å². The Hall–Kier alpha value is -1.68. The SMILES string of the molecule is NCC1(CC(=O)N2CCC(C(=O)c3ccccc3)CC2)CCCCC1. The Bertz CT molecular complexity index is 585. The van der Waals surface area contributed by atoms with Crippen molar-refractivity contribution in [1.29, 1.82) is 0 Å². The molecular formula is C21H30N2O2. The summed E-state index contributed by atoms with van der Waals surface area (Å²) in [5.41, 5.74) is 6.84. The maximum absolute atomic E-state index is 12.8. The molecule has 3 rings (SSSR count). The first-order valence-electron chi connectivity index (χ1n) is 9.71. The van der Waals surface area contributed by atoms with Crippen LogP contribution in [-0.2, 0) is 4.79 Å². The van der Waals surface area contributed by atoms with E-state index < -0.39 is 0 Å². The zero-order valence-corrected chi connectivity index (χ0v) is 15.1. The number of amides is 1. The number of ketones is 1. The van der Waals surface area contributed by atoms with Crippen LogP contribution in [0.3, 0.4) is 0 Å². The highest BCUT2D eigenvalue weighted by Crippen LogP contribution is 2.39. The van der Waals surface area contributed by atoms with Crippen LogP contribution in [-0.4, -0.2) is 36.2 Å². The maximum Gasteiger partial charge on any atom is 0.223 e. The van der Waals surface area contributed by atoms with Gasteiger partial charge >= 0.3 is 0 Å². The second-order valence-electron chi connectivity index (χ2n) is 7.83. The third-order valence-corrected chi connectivity index (χ3v) is 6.15. The zero-order chi connectivity index (χ0) is 17.7. The van der Waals surface area contributed by atoms with Crippen LogP contribution >= 0.6 is 0 Å². The van der Waals surface area contributed by atoms with Crippen molar-refractivity contribution in [3.05, 3.63) is 35.9 Å². The van der Waals surface area contributed by atoms with Crippen LogP contribution in [0.2, 0.25) is 0 Å². The Morgan fingerprint density at radius 3 is 2.28 bits per heavy atom. The van der Waals surface area contributed by atoms with E-state index in [1.165, 1.54) is 19.3 Å². The Morgan fingerprint density at radius 1 is 1.04 bits per heavy atom. The van der Waals surface area contributed by atoms with E-state index >= 15 is 0 Å². The molecule has 4 nitrogen and oxygen atoms in total. The summed E-state index contributed by atoms with van der Waals surface area (Å²) in [6.07, 6.45) is 7.95. The molecule has 136 valence electrons. The largest absolute Gasteiger partial charge is 0.343 e. The van der Waals surface area contributed by atoms with Gasteiger partial charge in [0.25, 0.3) is 0 Å². The summed E-state index contributed by atoms with van der Waals surface area (Å²) in [6.45, 7) is 2.01. The van der Waals surface area contributed by atoms with Crippen molar-refractivity contribution in [3.8, 4) is 0 Å². The molecule has 1 heterocycles. The van der Waals surface area contributed by atoms with Gasteiger partial charge in [0.15, 0.2) is 5.78 Å². The predicted octanol–water partition coefficient (Wildman–Crippen LogP) is 3.41. The highest BCUT2D eigenvalue weighted by Gasteiger charge is 2.36. The van der Waals surface area contributed by atoms with E-state index in [0.29, 0.717) is 26.1 Å². The van der Waals surface area contributed by atoms with E-state index in [1.54, 1.807) is 0 Å². The summed E-state index contributed by atoms with van der Waals surface area (Å²) >= 11 is 0. The molecular weight excluding hydrogens is 312 g/mol. The lowest BCUT2D eigenvalue weighted by Crippen LogP contribution is -2.44. The summed E-state index contributed by atoms with van der Waals surface area (Å²) in [5.74, 6) is 0.501. The molecule has 1 aliphatic heterocycles. The van der Waals surface area contributed by atoms with Gasteiger partial charge in [0.1, 0.15) is 0 Å². The minimum absolute atomic E-state index is 0.0199. The molecule has 0 aromatic heterocycles. The van der Waals surface area contributed by atoms with Crippen molar-refractivity contribution >= 4 is 11.7 Å². The van der Waals surface area contributed by atoms with E-state index in [1.807, 2.05) is 35.2 Å². The van der Waals surface area contributed by atoms with Crippen LogP contribution < -0.4 is 5.73 Å². The topological polar surface area (TPSA) is 63.4 Å². The molecule has 0 radical (unpaired) electrons. The van der Waals surface area contributed by atoms with Gasteiger partial charge in [-0.25, -0.2) is 0 Å². The maximum atomic E-state index is 12.8. The average Bonchev–Trinajstić information content (AvgIpc) is 2.69. The minimum atomic E-state index is 0.0199. The highest BCUT2D eigenvalue weighted by atomic mass is 16.2. The van der Waals surface area contributed by atoms with E-state index in [2.05, 4.69) is 0 Å². The van der Waals surface area contributed by atoms with Crippen LogP contribution in [0.1, 0.15) is 61.7 Å². The van der Waals surface area contributed by atoms with E-state index in [-0.39, 0.29) is 23.0 Å². The van der Waals surface area contributed by atoms with Gasteiger partial charge in [-0.1, -0.05) is 49.6 Å². The zero-order valence-electron chi connectivity index (χ0n) is 15.1. The van der Waals surface area contributed by atoms with E-state index in [9.17, 15) is 9.59 Å². The molecule has 25 heavy (non-hydrogen) atoms. The summed E-state index contributed by atoms with van der Waals surface area (Å²) in [5, 5.41) is 0. The lowest BCUT2D eigenvalue weighted by Gasteiger charge is -2.39. The molecule has 1 aromatic carbocycles. The Morgan fingerprint density at radius 2 is 1.68 bits per heavy atom. The van der Waals surface area contributed by atoms with Crippen LogP contribution in [0.15, 0.2) is 30.3 Å². The van der Waals surface area contributed by atoms with Crippen molar-refractivity contribution in [2.24, 2.45) is 17.1 Å². The Balaban J connectivity index is 1.53. The number of Topliss-reactive ketones (excluding diaryl/α,β-unsaturated/α-hetero) is 1. The van der Waals surface area contributed by atoms with E-state index in [0.717, 1.165) is 31.2 Å². The number of hydrogen-bond donors (Lipinski definition) is 1. The monoisotopic (exact) mass is 342 g/mol. The van der Waals surface area contributed by atoms with E-state index in [4.69, 9.17) is 5.73 Å². The Labute approximate surface area is 150 Å². The highest BCUT2D eigenvalue weighted by molar-refractivity contribution is 5.98. The van der Waals surface area contributed by atoms with Gasteiger partial charge in [-0.05, 0) is 37.6 Å². The first-order valence-corrected chi connectivity index (χ1v) is 9.71. The third kappa shape index (κ3) is 4.30. The summed E-state index contributed by atoms with van der Waals surface area (Å²) in [4.78, 5) is 27.3. The number of piperidine rings is 1. The molecule has 2 N–H and O–H groups in total. The summed E-state index contributed by atoms with van der Waals surface area (Å²) in [6, 6.07) is 9.50. The van der Waals surface area contributed by atoms with Gasteiger partial charge < -0.3 is 10.6 Å². The lowest BCUT2D eigenvalue weighted by molar-refractivity contribution is -0.135. The standard InChI is InChI=1S/C21H30N2O2/c22-16-21(11-5-2-6-12-21)15-19(24)23-13-9-18(10-14-23)20(25)17-7-3-1-4-8-17/h1,3-4,7-8,18H,2,5-6,9-16,22H2. The third-order valence-electron chi connectivity index (χ3n) is 6.15. The molecule has 1 aliphatic carbocycles. The quantitative estimate of drug-likeness (QED) is 0.834. The van der Waals surface area contributed by atoms with Crippen LogP contribution in [0, 0.1) is 11.3 Å². The molecule has 0 bridgehead atoms. The lowest BCUT2D eigenvalue weighted by atomic mass is 9.71.